The molecule has 1 aliphatic carbocycles. The lowest BCUT2D eigenvalue weighted by Crippen LogP contribution is -2.66. The topological polar surface area (TPSA) is 126 Å². The number of pyridine rings is 1. The zero-order chi connectivity index (χ0) is 37.8. The van der Waals surface area contributed by atoms with Gasteiger partial charge in [-0.05, 0) is 83.1 Å². The molecule has 0 saturated carbocycles. The van der Waals surface area contributed by atoms with Crippen LogP contribution in [0.5, 0.6) is 11.8 Å². The molecule has 13 heteroatoms. The molecule has 0 bridgehead atoms. The van der Waals surface area contributed by atoms with Crippen molar-refractivity contribution in [3.8, 4) is 40.4 Å². The van der Waals surface area contributed by atoms with E-state index >= 15 is 0 Å². The normalized spacial score (nSPS) is 20.5. The lowest BCUT2D eigenvalue weighted by Gasteiger charge is -2.48. The van der Waals surface area contributed by atoms with Gasteiger partial charge in [-0.2, -0.15) is 10.2 Å². The van der Waals surface area contributed by atoms with Gasteiger partial charge in [-0.25, -0.2) is 4.98 Å². The minimum Gasteiger partial charge on any atom is -0.481 e. The third kappa shape index (κ3) is 6.74. The van der Waals surface area contributed by atoms with E-state index < -0.39 is 0 Å². The number of ether oxygens (including phenoxy) is 3. The maximum absolute atomic E-state index is 11.8. The molecule has 3 fully saturated rings. The molecule has 1 amide bonds. The van der Waals surface area contributed by atoms with Gasteiger partial charge in [0.25, 0.3) is 0 Å². The highest BCUT2D eigenvalue weighted by atomic mass is 35.5. The summed E-state index contributed by atoms with van der Waals surface area (Å²) >= 11 is 6.81. The van der Waals surface area contributed by atoms with E-state index in [2.05, 4.69) is 54.7 Å². The Balaban J connectivity index is 0.955. The Labute approximate surface area is 327 Å². The summed E-state index contributed by atoms with van der Waals surface area (Å²) in [6.45, 7) is 4.77. The third-order valence-corrected chi connectivity index (χ3v) is 12.5. The lowest BCUT2D eigenvalue weighted by molar-refractivity contribution is -0.120. The minimum absolute atomic E-state index is 0.0959. The minimum atomic E-state index is -0.220. The van der Waals surface area contributed by atoms with Crippen LogP contribution in [0.4, 0.5) is 0 Å². The Morgan fingerprint density at radius 2 is 1.84 bits per heavy atom. The van der Waals surface area contributed by atoms with Crippen molar-refractivity contribution < 1.29 is 23.4 Å². The molecular formula is C42H42ClN6O5P. The predicted molar refractivity (Wildman–Crippen MR) is 213 cm³/mol. The second-order valence-corrected chi connectivity index (χ2v) is 16.2. The van der Waals surface area contributed by atoms with E-state index in [0.717, 1.165) is 90.5 Å². The highest BCUT2D eigenvalue weighted by molar-refractivity contribution is 7.28. The fraction of sp³-hybridized carbons (Fsp3) is 0.381. The Kier molecular flexibility index (Phi) is 9.52. The number of methoxy groups -OCH3 is 2. The van der Waals surface area contributed by atoms with Crippen molar-refractivity contribution in [1.82, 2.24) is 25.1 Å². The average Bonchev–Trinajstić information content (AvgIpc) is 3.99. The first-order chi connectivity index (χ1) is 26.7. The first kappa shape index (κ1) is 36.1. The number of nitriles is 1. The van der Waals surface area contributed by atoms with E-state index in [4.69, 9.17) is 40.2 Å². The van der Waals surface area contributed by atoms with Gasteiger partial charge in [-0.15, -0.1) is 9.24 Å². The van der Waals surface area contributed by atoms with Gasteiger partial charge in [0.1, 0.15) is 22.7 Å². The number of likely N-dealkylation sites (tertiary alicyclic amines) is 2. The third-order valence-electron chi connectivity index (χ3n) is 11.6. The van der Waals surface area contributed by atoms with Crippen molar-refractivity contribution >= 4 is 43.2 Å². The number of carbonyl (C=O) groups excluding carboxylic acids is 1. The molecule has 4 aliphatic rings. The van der Waals surface area contributed by atoms with Crippen molar-refractivity contribution in [2.45, 2.75) is 62.9 Å². The second-order valence-electron chi connectivity index (χ2n) is 15.2. The van der Waals surface area contributed by atoms with Crippen LogP contribution in [-0.2, 0) is 29.0 Å². The summed E-state index contributed by atoms with van der Waals surface area (Å²) < 4.78 is 24.1. The zero-order valence-corrected chi connectivity index (χ0v) is 32.8. The maximum Gasteiger partial charge on any atom is 0.236 e. The van der Waals surface area contributed by atoms with Crippen LogP contribution in [0.25, 0.3) is 33.7 Å². The van der Waals surface area contributed by atoms with Crippen LogP contribution >= 0.6 is 20.8 Å². The predicted octanol–water partition coefficient (Wildman–Crippen LogP) is 6.34. The van der Waals surface area contributed by atoms with Crippen molar-refractivity contribution in [3.05, 3.63) is 87.4 Å². The van der Waals surface area contributed by atoms with Crippen molar-refractivity contribution in [2.24, 2.45) is 0 Å². The quantitative estimate of drug-likeness (QED) is 0.161. The molecule has 2 aromatic heterocycles. The number of nitrogens with one attached hydrogen (secondary N) is 1. The SMILES string of the molecule is COc1nc(O[C@@H]2CCc3c(-c4cccc(-c5nc6cc(CN7CC8(CCC(=O)N8)C7)cc(C#N)c6o5)c4P)cccc32)c(Cl)cc1CN1CC[C@@H](OC)C1. The highest BCUT2D eigenvalue weighted by Gasteiger charge is 2.47. The molecule has 1 spiro atoms. The average molecular weight is 777 g/mol. The molecule has 3 aromatic carbocycles. The van der Waals surface area contributed by atoms with Crippen LogP contribution in [0.3, 0.4) is 0 Å². The van der Waals surface area contributed by atoms with Crippen LogP contribution in [0, 0.1) is 11.3 Å². The Hall–Kier alpha value is -4.56. The van der Waals surface area contributed by atoms with Crippen LogP contribution < -0.4 is 20.1 Å². The summed E-state index contributed by atoms with van der Waals surface area (Å²) in [6, 6.07) is 20.6. The molecule has 3 aliphatic heterocycles. The number of hydrogen-bond donors (Lipinski definition) is 1. The molecule has 55 heavy (non-hydrogen) atoms. The summed E-state index contributed by atoms with van der Waals surface area (Å²) in [5.41, 5.74) is 8.72. The second kappa shape index (κ2) is 14.5. The van der Waals surface area contributed by atoms with Gasteiger partial charge in [0.15, 0.2) is 5.58 Å². The van der Waals surface area contributed by atoms with E-state index in [-0.39, 0.29) is 23.7 Å². The molecule has 3 atom stereocenters. The van der Waals surface area contributed by atoms with Gasteiger partial charge in [-0.1, -0.05) is 41.9 Å². The largest absolute Gasteiger partial charge is 0.481 e. The summed E-state index contributed by atoms with van der Waals surface area (Å²) in [7, 11) is 6.28. The lowest BCUT2D eigenvalue weighted by atomic mass is 9.88. The molecule has 282 valence electrons. The molecule has 3 saturated heterocycles. The number of amides is 1. The molecule has 1 unspecified atom stereocenters. The summed E-state index contributed by atoms with van der Waals surface area (Å²) in [6.07, 6.45) is 4.09. The van der Waals surface area contributed by atoms with Gasteiger partial charge in [0.2, 0.25) is 23.6 Å². The fourth-order valence-electron chi connectivity index (χ4n) is 8.92. The number of nitrogens with zero attached hydrogens (tertiary/aromatic N) is 5. The first-order valence-electron chi connectivity index (χ1n) is 18.8. The van der Waals surface area contributed by atoms with Crippen LogP contribution in [-0.4, -0.2) is 77.7 Å². The molecule has 0 radical (unpaired) electrons. The smallest absolute Gasteiger partial charge is 0.236 e. The van der Waals surface area contributed by atoms with E-state index in [9.17, 15) is 10.1 Å². The number of aromatic nitrogens is 2. The summed E-state index contributed by atoms with van der Waals surface area (Å²) in [4.78, 5) is 26.1. The highest BCUT2D eigenvalue weighted by Crippen LogP contribution is 2.43. The summed E-state index contributed by atoms with van der Waals surface area (Å²) in [5, 5.41) is 14.6. The molecular weight excluding hydrogens is 735 g/mol. The fourth-order valence-corrected chi connectivity index (χ4v) is 9.61. The van der Waals surface area contributed by atoms with Crippen LogP contribution in [0.2, 0.25) is 5.02 Å². The Morgan fingerprint density at radius 1 is 1.02 bits per heavy atom. The number of carbonyl (C=O) groups is 1. The molecule has 5 heterocycles. The zero-order valence-electron chi connectivity index (χ0n) is 30.9. The summed E-state index contributed by atoms with van der Waals surface area (Å²) in [5.74, 6) is 1.47. The maximum atomic E-state index is 11.8. The van der Waals surface area contributed by atoms with Crippen molar-refractivity contribution in [2.75, 3.05) is 40.4 Å². The van der Waals surface area contributed by atoms with Crippen LogP contribution in [0.1, 0.15) is 59.6 Å². The number of fused-ring (bicyclic) bond motifs is 2. The van der Waals surface area contributed by atoms with Gasteiger partial charge < -0.3 is 23.9 Å². The van der Waals surface area contributed by atoms with Gasteiger partial charge >= 0.3 is 0 Å². The van der Waals surface area contributed by atoms with E-state index in [1.165, 1.54) is 5.56 Å². The van der Waals surface area contributed by atoms with Crippen molar-refractivity contribution in [3.63, 3.8) is 0 Å². The molecule has 5 aromatic rings. The monoisotopic (exact) mass is 776 g/mol. The number of halogens is 1. The Morgan fingerprint density at radius 3 is 2.60 bits per heavy atom. The number of benzene rings is 3. The number of oxazole rings is 1. The standard InChI is InChI=1S/C42H42ClN6O5P/c1-51-27-12-14-48(21-27)20-26-17-33(43)41(46-39(26)52-2)53-35-10-9-29-28(5-3-6-30(29)35)31-7-4-8-32(38(31)55)40-45-34-16-24(15-25(18-44)37(34)54-40)19-49-22-42(23-49)13-11-36(50)47-42/h3-8,15-17,27,35H,9-14,19-23,55H2,1-2H3,(H,47,50)/t27-,35-/m1/s1. The van der Waals surface area contributed by atoms with Crippen LogP contribution in [0.15, 0.2) is 59.0 Å². The van der Waals surface area contributed by atoms with Gasteiger partial charge in [0, 0.05) is 63.9 Å². The number of rotatable bonds is 10. The van der Waals surface area contributed by atoms with Gasteiger partial charge in [-0.3, -0.25) is 14.6 Å². The first-order valence-corrected chi connectivity index (χ1v) is 19.7. The Bertz CT molecular complexity index is 2370. The molecule has 9 rings (SSSR count). The van der Waals surface area contributed by atoms with E-state index in [1.54, 1.807) is 14.2 Å². The van der Waals surface area contributed by atoms with E-state index in [0.29, 0.717) is 58.8 Å². The molecule has 11 nitrogen and oxygen atoms in total. The van der Waals surface area contributed by atoms with Gasteiger partial charge in [0.05, 0.1) is 24.3 Å². The molecule has 1 N–H and O–H groups in total. The van der Waals surface area contributed by atoms with E-state index in [1.807, 2.05) is 30.3 Å². The number of hydrogen-bond acceptors (Lipinski definition) is 10. The van der Waals surface area contributed by atoms with Crippen molar-refractivity contribution in [1.29, 1.82) is 5.26 Å².